The molecule has 0 aliphatic rings. The van der Waals surface area contributed by atoms with E-state index in [9.17, 15) is 0 Å². The van der Waals surface area contributed by atoms with Crippen molar-refractivity contribution < 1.29 is 14.2 Å². The van der Waals surface area contributed by atoms with Crippen LogP contribution in [0.25, 0.3) is 0 Å². The summed E-state index contributed by atoms with van der Waals surface area (Å²) < 4.78 is 10.2. The monoisotopic (exact) mass is 249 g/mol. The smallest absolute Gasteiger partial charge is 0.261 e. The molecule has 2 N–H and O–H groups in total. The third-order valence-electron chi connectivity index (χ3n) is 1.64. The van der Waals surface area contributed by atoms with Crippen LogP contribution in [0.15, 0.2) is 0 Å². The molecule has 0 saturated carbocycles. The highest BCUT2D eigenvalue weighted by Crippen LogP contribution is 2.32. The lowest BCUT2D eigenvalue weighted by atomic mass is 10.3. The number of hydrogen-bond donors (Lipinski definition) is 1. The maximum Gasteiger partial charge on any atom is 0.304 e. The van der Waals surface area contributed by atoms with Crippen LogP contribution in [0, 0.1) is 11.3 Å². The molecule has 0 aliphatic heterocycles. The van der Waals surface area contributed by atoms with E-state index in [1.54, 1.807) is 12.0 Å². The van der Waals surface area contributed by atoms with Crippen LogP contribution in [-0.2, 0) is 14.2 Å². The molecule has 0 aromatic rings. The molecular formula is C9H20N3O3P. The molecule has 0 saturated heterocycles. The molecule has 0 fully saturated rings. The topological polar surface area (TPSA) is 80.7 Å². The predicted octanol–water partition coefficient (Wildman–Crippen LogP) is 2.08. The second-order valence-corrected chi connectivity index (χ2v) is 4.74. The van der Waals surface area contributed by atoms with Gasteiger partial charge in [-0.15, -0.1) is 0 Å². The van der Waals surface area contributed by atoms with Crippen molar-refractivity contribution in [2.24, 2.45) is 5.50 Å². The summed E-state index contributed by atoms with van der Waals surface area (Å²) in [5, 5.41) is 10.2. The van der Waals surface area contributed by atoms with Crippen molar-refractivity contribution in [2.45, 2.75) is 52.8 Å². The highest BCUT2D eigenvalue weighted by Gasteiger charge is 2.20. The Morgan fingerprint density at radius 1 is 1.19 bits per heavy atom. The lowest BCUT2D eigenvalue weighted by Gasteiger charge is -2.30. The maximum atomic E-state index is 8.47. The summed E-state index contributed by atoms with van der Waals surface area (Å²) in [6, 6.07) is 2.23. The van der Waals surface area contributed by atoms with Crippen LogP contribution in [0.5, 0.6) is 0 Å². The molecule has 0 aliphatic carbocycles. The van der Waals surface area contributed by atoms with Gasteiger partial charge in [-0.25, -0.2) is 9.51 Å². The van der Waals surface area contributed by atoms with E-state index in [0.29, 0.717) is 0 Å². The van der Waals surface area contributed by atoms with Gasteiger partial charge in [-0.05, 0) is 34.6 Å². The molecule has 0 amide bonds. The van der Waals surface area contributed by atoms with Gasteiger partial charge in [-0.1, -0.05) is 0 Å². The van der Waals surface area contributed by atoms with E-state index < -0.39 is 14.6 Å². The Hall–Kier alpha value is -0.280. The Bertz CT molecular complexity index is 225. The van der Waals surface area contributed by atoms with Gasteiger partial charge in [-0.2, -0.15) is 15.0 Å². The molecule has 0 radical (unpaired) electrons. The summed E-state index contributed by atoms with van der Waals surface area (Å²) in [6.45, 7) is 9.51. The van der Waals surface area contributed by atoms with Gasteiger partial charge >= 0.3 is 8.53 Å². The minimum atomic E-state index is -1.67. The van der Waals surface area contributed by atoms with Crippen LogP contribution in [0.4, 0.5) is 0 Å². The normalized spacial score (nSPS) is 15.5. The minimum Gasteiger partial charge on any atom is -0.261 e. The third-order valence-corrected chi connectivity index (χ3v) is 2.22. The lowest BCUT2D eigenvalue weighted by molar-refractivity contribution is -0.239. The number of rotatable bonds is 7. The third kappa shape index (κ3) is 6.33. The van der Waals surface area contributed by atoms with E-state index in [4.69, 9.17) is 25.0 Å². The van der Waals surface area contributed by atoms with Crippen LogP contribution < -0.4 is 5.50 Å². The van der Waals surface area contributed by atoms with E-state index in [1.807, 2.05) is 33.8 Å². The zero-order chi connectivity index (χ0) is 12.7. The van der Waals surface area contributed by atoms with Gasteiger partial charge in [0.2, 0.25) is 0 Å². The molecule has 0 heterocycles. The van der Waals surface area contributed by atoms with Gasteiger partial charge in [-0.3, -0.25) is 5.50 Å². The standard InChI is InChI=1S/C9H20N3O3P/c1-7(2)12(8(3)4)14-16(11)15-13-9(5)6-10/h7-9H,11H2,1-5H3. The van der Waals surface area contributed by atoms with Crippen LogP contribution >= 0.6 is 8.53 Å². The molecule has 7 heteroatoms. The SMILES string of the molecule is CC(C#N)OOP(N)ON(C(C)C)C(C)C. The van der Waals surface area contributed by atoms with E-state index in [1.165, 1.54) is 0 Å². The van der Waals surface area contributed by atoms with E-state index in [0.717, 1.165) is 0 Å². The molecule has 2 unspecified atom stereocenters. The summed E-state index contributed by atoms with van der Waals surface area (Å²) in [6.07, 6.45) is -0.663. The Labute approximate surface area is 98.1 Å². The first-order chi connectivity index (χ1) is 7.38. The van der Waals surface area contributed by atoms with Crippen molar-refractivity contribution in [3.05, 3.63) is 0 Å². The summed E-state index contributed by atoms with van der Waals surface area (Å²) >= 11 is 0. The molecule has 6 nitrogen and oxygen atoms in total. The first-order valence-electron chi connectivity index (χ1n) is 5.12. The van der Waals surface area contributed by atoms with Crippen LogP contribution in [0.2, 0.25) is 0 Å². The molecular weight excluding hydrogens is 229 g/mol. The summed E-state index contributed by atoms with van der Waals surface area (Å²) in [7, 11) is -1.67. The molecule has 2 atom stereocenters. The molecule has 0 bridgehead atoms. The number of nitrogens with zero attached hydrogens (tertiary/aromatic N) is 2. The van der Waals surface area contributed by atoms with Crippen molar-refractivity contribution in [1.29, 1.82) is 5.26 Å². The highest BCUT2D eigenvalue weighted by molar-refractivity contribution is 7.44. The van der Waals surface area contributed by atoms with E-state index >= 15 is 0 Å². The van der Waals surface area contributed by atoms with Gasteiger partial charge in [0.25, 0.3) is 0 Å². The number of hydroxylamine groups is 2. The first-order valence-corrected chi connectivity index (χ1v) is 6.37. The average Bonchev–Trinajstić information content (AvgIpc) is 2.21. The minimum absolute atomic E-state index is 0.186. The number of nitrogens with two attached hydrogens (primary N) is 1. The fraction of sp³-hybridized carbons (Fsp3) is 0.889. The summed E-state index contributed by atoms with van der Waals surface area (Å²) in [4.78, 5) is 4.70. The van der Waals surface area contributed by atoms with Crippen LogP contribution in [0.3, 0.4) is 0 Å². The van der Waals surface area contributed by atoms with Gasteiger partial charge < -0.3 is 0 Å². The van der Waals surface area contributed by atoms with Crippen LogP contribution in [-0.4, -0.2) is 23.3 Å². The second kappa shape index (κ2) is 7.91. The lowest BCUT2D eigenvalue weighted by Crippen LogP contribution is -2.36. The van der Waals surface area contributed by atoms with Crippen molar-refractivity contribution in [3.8, 4) is 6.07 Å². The Morgan fingerprint density at radius 3 is 2.06 bits per heavy atom. The van der Waals surface area contributed by atoms with Crippen molar-refractivity contribution >= 4 is 8.53 Å². The first kappa shape index (κ1) is 15.7. The van der Waals surface area contributed by atoms with Gasteiger partial charge in [0.1, 0.15) is 0 Å². The molecule has 94 valence electrons. The quantitative estimate of drug-likeness (QED) is 0.422. The van der Waals surface area contributed by atoms with Gasteiger partial charge in [0.15, 0.2) is 6.10 Å². The number of hydrogen-bond acceptors (Lipinski definition) is 6. The fourth-order valence-electron chi connectivity index (χ4n) is 1.02. The summed E-state index contributed by atoms with van der Waals surface area (Å²) in [5.41, 5.74) is 5.60. The van der Waals surface area contributed by atoms with E-state index in [-0.39, 0.29) is 12.1 Å². The maximum absolute atomic E-state index is 8.47. The Kier molecular flexibility index (Phi) is 7.77. The molecule has 16 heavy (non-hydrogen) atoms. The fourth-order valence-corrected chi connectivity index (χ4v) is 1.82. The van der Waals surface area contributed by atoms with E-state index in [2.05, 4.69) is 0 Å². The molecule has 0 rings (SSSR count). The zero-order valence-corrected chi connectivity index (χ0v) is 11.3. The Balaban J connectivity index is 4.01. The van der Waals surface area contributed by atoms with Crippen LogP contribution in [0.1, 0.15) is 34.6 Å². The van der Waals surface area contributed by atoms with Gasteiger partial charge in [0, 0.05) is 12.1 Å². The molecule has 0 aromatic heterocycles. The van der Waals surface area contributed by atoms with Crippen molar-refractivity contribution in [1.82, 2.24) is 5.06 Å². The Morgan fingerprint density at radius 2 is 1.69 bits per heavy atom. The largest absolute Gasteiger partial charge is 0.304 e. The zero-order valence-electron chi connectivity index (χ0n) is 10.4. The highest BCUT2D eigenvalue weighted by atomic mass is 31.2. The second-order valence-electron chi connectivity index (χ2n) is 3.86. The summed E-state index contributed by atoms with van der Waals surface area (Å²) in [5.74, 6) is 0. The molecule has 0 aromatic carbocycles. The van der Waals surface area contributed by atoms with Crippen molar-refractivity contribution in [2.75, 3.05) is 0 Å². The van der Waals surface area contributed by atoms with Gasteiger partial charge in [0.05, 0.1) is 6.07 Å². The number of nitriles is 1. The average molecular weight is 249 g/mol. The predicted molar refractivity (Wildman–Crippen MR) is 61.5 cm³/mol. The van der Waals surface area contributed by atoms with Crippen molar-refractivity contribution in [3.63, 3.8) is 0 Å². The molecule has 0 spiro atoms.